The van der Waals surface area contributed by atoms with Crippen LogP contribution in [-0.4, -0.2) is 14.4 Å². The molecular weight excluding hydrogens is 222 g/mol. The van der Waals surface area contributed by atoms with Gasteiger partial charge in [0.15, 0.2) is 5.65 Å². The lowest BCUT2D eigenvalue weighted by molar-refractivity contribution is 1.17. The van der Waals surface area contributed by atoms with Crippen molar-refractivity contribution in [2.75, 3.05) is 0 Å². The SMILES string of the molecule is Cc1cccn2c1nc1c3ccccc3cnc12. The molecule has 86 valence electrons. The van der Waals surface area contributed by atoms with E-state index in [1.165, 1.54) is 5.56 Å². The van der Waals surface area contributed by atoms with Crippen LogP contribution in [0.5, 0.6) is 0 Å². The van der Waals surface area contributed by atoms with E-state index in [0.717, 1.165) is 27.6 Å². The zero-order chi connectivity index (χ0) is 12.1. The predicted molar refractivity (Wildman–Crippen MR) is 72.7 cm³/mol. The number of benzene rings is 1. The molecule has 0 aliphatic heterocycles. The van der Waals surface area contributed by atoms with Crippen LogP contribution < -0.4 is 0 Å². The monoisotopic (exact) mass is 233 g/mol. The van der Waals surface area contributed by atoms with Gasteiger partial charge in [-0.3, -0.25) is 4.40 Å². The lowest BCUT2D eigenvalue weighted by atomic mass is 10.1. The van der Waals surface area contributed by atoms with Crippen LogP contribution in [0.3, 0.4) is 0 Å². The summed E-state index contributed by atoms with van der Waals surface area (Å²) in [5.74, 6) is 0. The smallest absolute Gasteiger partial charge is 0.165 e. The lowest BCUT2D eigenvalue weighted by Crippen LogP contribution is -1.87. The first-order valence-electron chi connectivity index (χ1n) is 5.96. The Hall–Kier alpha value is -2.42. The zero-order valence-electron chi connectivity index (χ0n) is 9.96. The second kappa shape index (κ2) is 3.29. The second-order valence-electron chi connectivity index (χ2n) is 4.51. The van der Waals surface area contributed by atoms with E-state index in [-0.39, 0.29) is 0 Å². The number of rotatable bonds is 0. The van der Waals surface area contributed by atoms with Crippen molar-refractivity contribution in [1.82, 2.24) is 14.4 Å². The molecule has 18 heavy (non-hydrogen) atoms. The minimum Gasteiger partial charge on any atom is -0.284 e. The summed E-state index contributed by atoms with van der Waals surface area (Å²) in [6, 6.07) is 12.3. The second-order valence-corrected chi connectivity index (χ2v) is 4.51. The zero-order valence-corrected chi connectivity index (χ0v) is 9.96. The number of imidazole rings is 1. The molecule has 1 aromatic carbocycles. The maximum Gasteiger partial charge on any atom is 0.165 e. The van der Waals surface area contributed by atoms with Gasteiger partial charge in [-0.25, -0.2) is 9.97 Å². The number of hydrogen-bond donors (Lipinski definition) is 0. The summed E-state index contributed by atoms with van der Waals surface area (Å²) in [5, 5.41) is 2.29. The molecule has 0 radical (unpaired) electrons. The highest BCUT2D eigenvalue weighted by molar-refractivity contribution is 6.03. The highest BCUT2D eigenvalue weighted by Gasteiger charge is 2.09. The molecule has 0 spiro atoms. The third-order valence-corrected chi connectivity index (χ3v) is 3.36. The van der Waals surface area contributed by atoms with E-state index in [1.807, 2.05) is 30.6 Å². The molecule has 4 rings (SSSR count). The summed E-state index contributed by atoms with van der Waals surface area (Å²) in [5.41, 5.74) is 4.05. The molecule has 3 aromatic heterocycles. The maximum atomic E-state index is 4.74. The predicted octanol–water partition coefficient (Wildman–Crippen LogP) is 3.34. The van der Waals surface area contributed by atoms with Crippen molar-refractivity contribution in [2.45, 2.75) is 6.92 Å². The Labute approximate surface area is 104 Å². The summed E-state index contributed by atoms with van der Waals surface area (Å²) in [6.07, 6.45) is 3.92. The Bertz CT molecular complexity index is 890. The van der Waals surface area contributed by atoms with Gasteiger partial charge in [0, 0.05) is 23.2 Å². The third kappa shape index (κ3) is 1.13. The van der Waals surface area contributed by atoms with Crippen LogP contribution in [0.2, 0.25) is 0 Å². The summed E-state index contributed by atoms with van der Waals surface area (Å²) in [4.78, 5) is 9.28. The van der Waals surface area contributed by atoms with Gasteiger partial charge in [0.05, 0.1) is 0 Å². The van der Waals surface area contributed by atoms with Gasteiger partial charge in [-0.2, -0.15) is 0 Å². The topological polar surface area (TPSA) is 30.2 Å². The standard InChI is InChI=1S/C15H11N3/c1-10-5-4-8-18-14(10)17-13-12-7-3-2-6-11(12)9-16-15(13)18/h2-9H,1H3. The van der Waals surface area contributed by atoms with Crippen LogP contribution in [0.1, 0.15) is 5.56 Å². The molecule has 0 saturated carbocycles. The molecule has 3 nitrogen and oxygen atoms in total. The van der Waals surface area contributed by atoms with E-state index in [1.54, 1.807) is 0 Å². The average Bonchev–Trinajstić information content (AvgIpc) is 2.79. The quantitative estimate of drug-likeness (QED) is 0.466. The summed E-state index contributed by atoms with van der Waals surface area (Å²) < 4.78 is 2.05. The molecule has 0 atom stereocenters. The van der Waals surface area contributed by atoms with Crippen molar-refractivity contribution in [1.29, 1.82) is 0 Å². The maximum absolute atomic E-state index is 4.74. The molecule has 0 amide bonds. The van der Waals surface area contributed by atoms with Gasteiger partial charge in [0.2, 0.25) is 0 Å². The van der Waals surface area contributed by atoms with Gasteiger partial charge in [-0.15, -0.1) is 0 Å². The highest BCUT2D eigenvalue weighted by Crippen LogP contribution is 2.24. The van der Waals surface area contributed by atoms with Crippen molar-refractivity contribution >= 4 is 27.6 Å². The Morgan fingerprint density at radius 1 is 1.00 bits per heavy atom. The van der Waals surface area contributed by atoms with Gasteiger partial charge in [0.25, 0.3) is 0 Å². The average molecular weight is 233 g/mol. The third-order valence-electron chi connectivity index (χ3n) is 3.36. The molecule has 0 fully saturated rings. The molecule has 0 N–H and O–H groups in total. The van der Waals surface area contributed by atoms with E-state index < -0.39 is 0 Å². The highest BCUT2D eigenvalue weighted by atomic mass is 15.1. The number of hydrogen-bond acceptors (Lipinski definition) is 2. The van der Waals surface area contributed by atoms with Crippen LogP contribution in [0.4, 0.5) is 0 Å². The molecule has 0 aliphatic rings. The first-order chi connectivity index (χ1) is 8.84. The fourth-order valence-corrected chi connectivity index (χ4v) is 2.45. The molecule has 0 saturated heterocycles. The molecule has 3 heteroatoms. The van der Waals surface area contributed by atoms with Crippen molar-refractivity contribution in [3.63, 3.8) is 0 Å². The van der Waals surface area contributed by atoms with Crippen LogP contribution >= 0.6 is 0 Å². The van der Waals surface area contributed by atoms with Gasteiger partial charge in [-0.05, 0) is 18.6 Å². The molecule has 0 aliphatic carbocycles. The Morgan fingerprint density at radius 2 is 1.89 bits per heavy atom. The largest absolute Gasteiger partial charge is 0.284 e. The minimum absolute atomic E-state index is 0.924. The normalized spacial score (nSPS) is 11.6. The van der Waals surface area contributed by atoms with E-state index in [0.29, 0.717) is 0 Å². The summed E-state index contributed by atoms with van der Waals surface area (Å²) in [7, 11) is 0. The van der Waals surface area contributed by atoms with E-state index in [9.17, 15) is 0 Å². The van der Waals surface area contributed by atoms with Crippen LogP contribution in [0.25, 0.3) is 27.6 Å². The van der Waals surface area contributed by atoms with E-state index in [4.69, 9.17) is 4.98 Å². The van der Waals surface area contributed by atoms with Crippen molar-refractivity contribution in [2.24, 2.45) is 0 Å². The fourth-order valence-electron chi connectivity index (χ4n) is 2.45. The Morgan fingerprint density at radius 3 is 2.83 bits per heavy atom. The van der Waals surface area contributed by atoms with Crippen LogP contribution in [-0.2, 0) is 0 Å². The molecule has 3 heterocycles. The van der Waals surface area contributed by atoms with E-state index in [2.05, 4.69) is 34.5 Å². The van der Waals surface area contributed by atoms with Gasteiger partial charge in [0.1, 0.15) is 11.2 Å². The summed E-state index contributed by atoms with van der Waals surface area (Å²) in [6.45, 7) is 2.07. The number of aromatic nitrogens is 3. The number of pyridine rings is 2. The van der Waals surface area contributed by atoms with E-state index >= 15 is 0 Å². The van der Waals surface area contributed by atoms with Crippen LogP contribution in [0, 0.1) is 6.92 Å². The first-order valence-corrected chi connectivity index (χ1v) is 5.96. The molecule has 0 unspecified atom stereocenters. The van der Waals surface area contributed by atoms with Gasteiger partial charge >= 0.3 is 0 Å². The van der Waals surface area contributed by atoms with Crippen molar-refractivity contribution < 1.29 is 0 Å². The van der Waals surface area contributed by atoms with Crippen molar-refractivity contribution in [3.05, 3.63) is 54.4 Å². The fraction of sp³-hybridized carbons (Fsp3) is 0.0667. The van der Waals surface area contributed by atoms with Crippen molar-refractivity contribution in [3.8, 4) is 0 Å². The van der Waals surface area contributed by atoms with Gasteiger partial charge in [-0.1, -0.05) is 30.3 Å². The number of nitrogens with zero attached hydrogens (tertiary/aromatic N) is 3. The first kappa shape index (κ1) is 9.59. The Balaban J connectivity index is 2.33. The minimum atomic E-state index is 0.924. The van der Waals surface area contributed by atoms with Crippen LogP contribution in [0.15, 0.2) is 48.8 Å². The molecule has 4 aromatic rings. The lowest BCUT2D eigenvalue weighted by Gasteiger charge is -1.98. The number of fused-ring (bicyclic) bond motifs is 5. The molecule has 0 bridgehead atoms. The summed E-state index contributed by atoms with van der Waals surface area (Å²) >= 11 is 0. The Kier molecular flexibility index (Phi) is 1.75. The number of aryl methyl sites for hydroxylation is 1. The van der Waals surface area contributed by atoms with Gasteiger partial charge < -0.3 is 0 Å². The molecular formula is C15H11N3.